The van der Waals surface area contributed by atoms with Gasteiger partial charge in [-0.25, -0.2) is 4.39 Å². The molecule has 1 atom stereocenters. The first-order valence-corrected chi connectivity index (χ1v) is 6.01. The molecule has 0 aliphatic heterocycles. The summed E-state index contributed by atoms with van der Waals surface area (Å²) >= 11 is 0. The van der Waals surface area contributed by atoms with Crippen LogP contribution in [0.4, 0.5) is 10.1 Å². The standard InChI is InChI=1S/C14H20FNO/c1-4-14(3,11-17)10-16(5-2)13-8-6-7-12(15)9-13/h6-9,11H,4-5,10H2,1-3H3. The number of halogens is 1. The van der Waals surface area contributed by atoms with Crippen molar-refractivity contribution in [2.24, 2.45) is 5.41 Å². The summed E-state index contributed by atoms with van der Waals surface area (Å²) in [6, 6.07) is 6.49. The predicted molar refractivity (Wildman–Crippen MR) is 68.7 cm³/mol. The number of hydrogen-bond donors (Lipinski definition) is 0. The maximum atomic E-state index is 13.2. The van der Waals surface area contributed by atoms with Gasteiger partial charge in [-0.2, -0.15) is 0 Å². The molecule has 17 heavy (non-hydrogen) atoms. The fraction of sp³-hybridized carbons (Fsp3) is 0.500. The minimum absolute atomic E-state index is 0.245. The van der Waals surface area contributed by atoms with Crippen LogP contribution in [-0.4, -0.2) is 19.4 Å². The van der Waals surface area contributed by atoms with E-state index in [1.807, 2.05) is 31.7 Å². The molecule has 0 fully saturated rings. The lowest BCUT2D eigenvalue weighted by atomic mass is 9.88. The van der Waals surface area contributed by atoms with Crippen molar-refractivity contribution < 1.29 is 9.18 Å². The first-order chi connectivity index (χ1) is 8.04. The third-order valence-corrected chi connectivity index (χ3v) is 3.20. The summed E-state index contributed by atoms with van der Waals surface area (Å²) in [6.07, 6.45) is 1.78. The number of carbonyl (C=O) groups is 1. The van der Waals surface area contributed by atoms with E-state index in [9.17, 15) is 9.18 Å². The second-order valence-electron chi connectivity index (χ2n) is 4.62. The molecule has 0 aliphatic carbocycles. The number of benzene rings is 1. The summed E-state index contributed by atoms with van der Waals surface area (Å²) in [5, 5.41) is 0. The van der Waals surface area contributed by atoms with Gasteiger partial charge >= 0.3 is 0 Å². The Morgan fingerprint density at radius 1 is 1.41 bits per heavy atom. The first-order valence-electron chi connectivity index (χ1n) is 6.01. The molecule has 0 spiro atoms. The molecule has 0 amide bonds. The molecule has 1 aromatic rings. The summed E-state index contributed by atoms with van der Waals surface area (Å²) in [6.45, 7) is 7.31. The lowest BCUT2D eigenvalue weighted by Gasteiger charge is -2.31. The largest absolute Gasteiger partial charge is 0.371 e. The molecular formula is C14H20FNO. The van der Waals surface area contributed by atoms with E-state index in [1.54, 1.807) is 6.07 Å². The lowest BCUT2D eigenvalue weighted by molar-refractivity contribution is -0.115. The van der Waals surface area contributed by atoms with Crippen molar-refractivity contribution in [3.8, 4) is 0 Å². The highest BCUT2D eigenvalue weighted by Crippen LogP contribution is 2.24. The minimum atomic E-state index is -0.373. The molecular weight excluding hydrogens is 217 g/mol. The Kier molecular flexibility index (Phi) is 4.67. The molecule has 0 heterocycles. The maximum absolute atomic E-state index is 13.2. The molecule has 94 valence electrons. The van der Waals surface area contributed by atoms with Gasteiger partial charge in [-0.05, 0) is 31.5 Å². The van der Waals surface area contributed by atoms with Crippen LogP contribution in [0.2, 0.25) is 0 Å². The number of carbonyl (C=O) groups excluding carboxylic acids is 1. The van der Waals surface area contributed by atoms with Crippen molar-refractivity contribution >= 4 is 12.0 Å². The Balaban J connectivity index is 2.89. The topological polar surface area (TPSA) is 20.3 Å². The summed E-state index contributed by atoms with van der Waals surface area (Å²) in [4.78, 5) is 13.1. The van der Waals surface area contributed by atoms with Crippen molar-refractivity contribution in [1.29, 1.82) is 0 Å². The highest BCUT2D eigenvalue weighted by Gasteiger charge is 2.24. The number of aldehydes is 1. The smallest absolute Gasteiger partial charge is 0.127 e. The van der Waals surface area contributed by atoms with Crippen LogP contribution >= 0.6 is 0 Å². The van der Waals surface area contributed by atoms with Gasteiger partial charge in [0.05, 0.1) is 0 Å². The quantitative estimate of drug-likeness (QED) is 0.708. The molecule has 1 unspecified atom stereocenters. The van der Waals surface area contributed by atoms with Crippen LogP contribution in [0.15, 0.2) is 24.3 Å². The summed E-state index contributed by atoms with van der Waals surface area (Å²) in [5.74, 6) is -0.245. The molecule has 0 aromatic heterocycles. The average Bonchev–Trinajstić information content (AvgIpc) is 2.35. The zero-order valence-electron chi connectivity index (χ0n) is 10.7. The highest BCUT2D eigenvalue weighted by atomic mass is 19.1. The zero-order chi connectivity index (χ0) is 12.9. The molecule has 3 heteroatoms. The Morgan fingerprint density at radius 2 is 2.12 bits per heavy atom. The monoisotopic (exact) mass is 237 g/mol. The van der Waals surface area contributed by atoms with Crippen LogP contribution in [0.3, 0.4) is 0 Å². The number of rotatable bonds is 6. The highest BCUT2D eigenvalue weighted by molar-refractivity contribution is 5.61. The second kappa shape index (κ2) is 5.80. The van der Waals surface area contributed by atoms with Crippen LogP contribution in [0.1, 0.15) is 27.2 Å². The first kappa shape index (κ1) is 13.7. The van der Waals surface area contributed by atoms with Gasteiger partial charge in [0.15, 0.2) is 0 Å². The predicted octanol–water partition coefficient (Wildman–Crippen LogP) is 3.27. The number of nitrogens with zero attached hydrogens (tertiary/aromatic N) is 1. The molecule has 0 saturated heterocycles. The van der Waals surface area contributed by atoms with E-state index in [2.05, 4.69) is 0 Å². The molecule has 0 saturated carbocycles. The Hall–Kier alpha value is -1.38. The summed E-state index contributed by atoms with van der Waals surface area (Å²) in [5.41, 5.74) is 0.455. The zero-order valence-corrected chi connectivity index (χ0v) is 10.7. The van der Waals surface area contributed by atoms with E-state index >= 15 is 0 Å². The van der Waals surface area contributed by atoms with Crippen LogP contribution in [0.25, 0.3) is 0 Å². The molecule has 1 aromatic carbocycles. The molecule has 0 N–H and O–H groups in total. The van der Waals surface area contributed by atoms with Gasteiger partial charge in [-0.3, -0.25) is 0 Å². The number of hydrogen-bond acceptors (Lipinski definition) is 2. The van der Waals surface area contributed by atoms with E-state index in [1.165, 1.54) is 12.1 Å². The van der Waals surface area contributed by atoms with Crippen molar-refractivity contribution in [2.75, 3.05) is 18.0 Å². The fourth-order valence-corrected chi connectivity index (χ4v) is 1.73. The normalized spacial score (nSPS) is 14.1. The lowest BCUT2D eigenvalue weighted by Crippen LogP contribution is -2.36. The Morgan fingerprint density at radius 3 is 2.59 bits per heavy atom. The van der Waals surface area contributed by atoms with E-state index in [0.717, 1.165) is 24.9 Å². The van der Waals surface area contributed by atoms with Crippen molar-refractivity contribution in [1.82, 2.24) is 0 Å². The van der Waals surface area contributed by atoms with E-state index in [0.29, 0.717) is 6.54 Å². The van der Waals surface area contributed by atoms with Crippen molar-refractivity contribution in [3.05, 3.63) is 30.1 Å². The maximum Gasteiger partial charge on any atom is 0.127 e. The van der Waals surface area contributed by atoms with Crippen LogP contribution in [0, 0.1) is 11.2 Å². The van der Waals surface area contributed by atoms with Gasteiger partial charge in [0.2, 0.25) is 0 Å². The summed E-state index contributed by atoms with van der Waals surface area (Å²) in [7, 11) is 0. The summed E-state index contributed by atoms with van der Waals surface area (Å²) < 4.78 is 13.2. The molecule has 1 rings (SSSR count). The van der Waals surface area contributed by atoms with E-state index in [-0.39, 0.29) is 11.2 Å². The van der Waals surface area contributed by atoms with Gasteiger partial charge < -0.3 is 9.69 Å². The van der Waals surface area contributed by atoms with Gasteiger partial charge in [-0.15, -0.1) is 0 Å². The third kappa shape index (κ3) is 3.55. The van der Waals surface area contributed by atoms with Gasteiger partial charge in [0.1, 0.15) is 12.1 Å². The Bertz CT molecular complexity index is 380. The molecule has 0 radical (unpaired) electrons. The third-order valence-electron chi connectivity index (χ3n) is 3.20. The van der Waals surface area contributed by atoms with Crippen LogP contribution in [-0.2, 0) is 4.79 Å². The second-order valence-corrected chi connectivity index (χ2v) is 4.62. The van der Waals surface area contributed by atoms with Gasteiger partial charge in [-0.1, -0.05) is 19.9 Å². The van der Waals surface area contributed by atoms with Crippen LogP contribution in [0.5, 0.6) is 0 Å². The minimum Gasteiger partial charge on any atom is -0.371 e. The fourth-order valence-electron chi connectivity index (χ4n) is 1.73. The molecule has 2 nitrogen and oxygen atoms in total. The van der Waals surface area contributed by atoms with Crippen molar-refractivity contribution in [2.45, 2.75) is 27.2 Å². The Labute approximate surface area is 102 Å². The van der Waals surface area contributed by atoms with Crippen LogP contribution < -0.4 is 4.90 Å². The van der Waals surface area contributed by atoms with Gasteiger partial charge in [0.25, 0.3) is 0 Å². The van der Waals surface area contributed by atoms with Crippen molar-refractivity contribution in [3.63, 3.8) is 0 Å². The van der Waals surface area contributed by atoms with E-state index < -0.39 is 0 Å². The van der Waals surface area contributed by atoms with Gasteiger partial charge in [0, 0.05) is 24.2 Å². The SMILES string of the molecule is CCN(CC(C)(C=O)CC)c1cccc(F)c1. The molecule has 0 bridgehead atoms. The average molecular weight is 237 g/mol. The molecule has 0 aliphatic rings. The number of anilines is 1. The van der Waals surface area contributed by atoms with E-state index in [4.69, 9.17) is 0 Å².